The maximum Gasteiger partial charge on any atom is 0.247 e. The van der Waals surface area contributed by atoms with E-state index in [4.69, 9.17) is 4.98 Å². The number of hydrogen-bond donors (Lipinski definition) is 0. The molecule has 2 aromatic heterocycles. The van der Waals surface area contributed by atoms with Gasteiger partial charge in [0.1, 0.15) is 12.6 Å². The number of nitrogens with zero attached hydrogens (tertiary/aromatic N) is 4. The van der Waals surface area contributed by atoms with Gasteiger partial charge in [0.15, 0.2) is 0 Å². The number of piperazine rings is 2. The number of fused-ring (bicyclic) bond motifs is 2. The summed E-state index contributed by atoms with van der Waals surface area (Å²) in [5.74, 6) is 0.0975. The summed E-state index contributed by atoms with van der Waals surface area (Å²) >= 11 is 1.61. The number of carbonyl (C=O) groups excluding carboxylic acids is 2. The Morgan fingerprint density at radius 3 is 2.79 bits per heavy atom. The molecular weight excluding hydrogens is 384 g/mol. The molecule has 0 N–H and O–H groups in total. The van der Waals surface area contributed by atoms with Crippen molar-refractivity contribution in [3.63, 3.8) is 0 Å². The van der Waals surface area contributed by atoms with E-state index in [2.05, 4.69) is 17.0 Å². The van der Waals surface area contributed by atoms with Crippen molar-refractivity contribution < 1.29 is 9.59 Å². The first kappa shape index (κ1) is 18.3. The highest BCUT2D eigenvalue weighted by molar-refractivity contribution is 7.07. The van der Waals surface area contributed by atoms with Crippen molar-refractivity contribution in [2.45, 2.75) is 19.1 Å². The van der Waals surface area contributed by atoms with Crippen molar-refractivity contribution >= 4 is 34.1 Å². The summed E-state index contributed by atoms with van der Waals surface area (Å²) in [5.41, 5.74) is 3.05. The molecule has 1 atom stereocenters. The molecule has 2 amide bonds. The first-order valence-corrected chi connectivity index (χ1v) is 10.8. The monoisotopic (exact) mass is 406 g/mol. The molecular formula is C22H22N4O2S. The second-order valence-corrected chi connectivity index (χ2v) is 8.44. The summed E-state index contributed by atoms with van der Waals surface area (Å²) in [6, 6.07) is 13.8. The Morgan fingerprint density at radius 2 is 1.93 bits per heavy atom. The van der Waals surface area contributed by atoms with E-state index in [1.165, 1.54) is 0 Å². The lowest BCUT2D eigenvalue weighted by Gasteiger charge is -2.46. The lowest BCUT2D eigenvalue weighted by atomic mass is 10.1. The number of amides is 2. The number of hydrogen-bond acceptors (Lipinski definition) is 5. The predicted molar refractivity (Wildman–Crippen MR) is 112 cm³/mol. The average molecular weight is 407 g/mol. The van der Waals surface area contributed by atoms with E-state index in [9.17, 15) is 9.59 Å². The standard InChI is InChI=1S/C22H22N4O2S/c27-21-14-25(11-16-7-10-29-15-16)22(28)20-13-24(8-9-26(20)21)12-18-6-5-17-3-1-2-4-19(17)23-18/h1-7,10,15,20H,8-9,11-14H2. The second kappa shape index (κ2) is 7.57. The highest BCUT2D eigenvalue weighted by Gasteiger charge is 2.42. The van der Waals surface area contributed by atoms with E-state index in [0.717, 1.165) is 28.7 Å². The third-order valence-electron chi connectivity index (χ3n) is 5.70. The lowest BCUT2D eigenvalue weighted by Crippen LogP contribution is -2.66. The molecule has 0 spiro atoms. The first-order valence-electron chi connectivity index (χ1n) is 9.84. The molecule has 29 heavy (non-hydrogen) atoms. The van der Waals surface area contributed by atoms with E-state index in [-0.39, 0.29) is 18.4 Å². The number of aromatic nitrogens is 1. The third kappa shape index (κ3) is 3.63. The van der Waals surface area contributed by atoms with Crippen molar-refractivity contribution in [2.75, 3.05) is 26.2 Å². The van der Waals surface area contributed by atoms with Gasteiger partial charge in [-0.3, -0.25) is 19.5 Å². The van der Waals surface area contributed by atoms with Crippen molar-refractivity contribution in [1.82, 2.24) is 19.7 Å². The molecule has 3 aromatic rings. The average Bonchev–Trinajstić information content (AvgIpc) is 3.25. The fourth-order valence-electron chi connectivity index (χ4n) is 4.20. The molecule has 2 aliphatic heterocycles. The largest absolute Gasteiger partial charge is 0.327 e. The van der Waals surface area contributed by atoms with E-state index in [1.54, 1.807) is 21.1 Å². The Hall–Kier alpha value is -2.77. The number of rotatable bonds is 4. The number of pyridine rings is 1. The van der Waals surface area contributed by atoms with Crippen LogP contribution < -0.4 is 0 Å². The van der Waals surface area contributed by atoms with Crippen molar-refractivity contribution in [2.24, 2.45) is 0 Å². The van der Waals surface area contributed by atoms with Gasteiger partial charge < -0.3 is 9.80 Å². The first-order chi connectivity index (χ1) is 14.2. The van der Waals surface area contributed by atoms with Crippen LogP contribution in [0.2, 0.25) is 0 Å². The molecule has 0 bridgehead atoms. The van der Waals surface area contributed by atoms with E-state index >= 15 is 0 Å². The van der Waals surface area contributed by atoms with E-state index < -0.39 is 6.04 Å². The normalized spacial score (nSPS) is 20.3. The molecule has 0 radical (unpaired) electrons. The zero-order chi connectivity index (χ0) is 19.8. The molecule has 1 unspecified atom stereocenters. The Morgan fingerprint density at radius 1 is 1.03 bits per heavy atom. The maximum absolute atomic E-state index is 13.1. The summed E-state index contributed by atoms with van der Waals surface area (Å²) in [4.78, 5) is 36.2. The molecule has 148 valence electrons. The van der Waals surface area contributed by atoms with Gasteiger partial charge in [-0.15, -0.1) is 0 Å². The van der Waals surface area contributed by atoms with Gasteiger partial charge in [-0.2, -0.15) is 11.3 Å². The highest BCUT2D eigenvalue weighted by Crippen LogP contribution is 2.22. The smallest absolute Gasteiger partial charge is 0.247 e. The third-order valence-corrected chi connectivity index (χ3v) is 6.43. The van der Waals surface area contributed by atoms with Crippen LogP contribution in [0.1, 0.15) is 11.3 Å². The topological polar surface area (TPSA) is 56.8 Å². The molecule has 0 aliphatic carbocycles. The van der Waals surface area contributed by atoms with Crippen molar-refractivity contribution in [3.8, 4) is 0 Å². The molecule has 5 rings (SSSR count). The van der Waals surface area contributed by atoms with Gasteiger partial charge in [-0.25, -0.2) is 0 Å². The summed E-state index contributed by atoms with van der Waals surface area (Å²) in [5, 5.41) is 5.15. The van der Waals surface area contributed by atoms with Crippen LogP contribution in [0.4, 0.5) is 0 Å². The molecule has 7 heteroatoms. The summed E-state index contributed by atoms with van der Waals surface area (Å²) < 4.78 is 0. The van der Waals surface area contributed by atoms with Crippen LogP contribution in [-0.2, 0) is 22.7 Å². The van der Waals surface area contributed by atoms with Crippen LogP contribution in [0.15, 0.2) is 53.2 Å². The molecule has 2 fully saturated rings. The van der Waals surface area contributed by atoms with Crippen molar-refractivity contribution in [1.29, 1.82) is 0 Å². The Bertz CT molecular complexity index is 1050. The minimum Gasteiger partial charge on any atom is -0.327 e. The Labute approximate surface area is 173 Å². The van der Waals surface area contributed by atoms with Gasteiger partial charge in [-0.1, -0.05) is 24.3 Å². The zero-order valence-corrected chi connectivity index (χ0v) is 16.8. The van der Waals surface area contributed by atoms with Crippen LogP contribution in [0, 0.1) is 0 Å². The van der Waals surface area contributed by atoms with Gasteiger partial charge in [0, 0.05) is 38.1 Å². The minimum atomic E-state index is -0.399. The molecule has 4 heterocycles. The van der Waals surface area contributed by atoms with Crippen molar-refractivity contribution in [3.05, 3.63) is 64.5 Å². The highest BCUT2D eigenvalue weighted by atomic mass is 32.1. The van der Waals surface area contributed by atoms with Crippen LogP contribution in [-0.4, -0.2) is 63.7 Å². The van der Waals surface area contributed by atoms with Gasteiger partial charge in [0.05, 0.1) is 11.2 Å². The van der Waals surface area contributed by atoms with Gasteiger partial charge in [0.2, 0.25) is 11.8 Å². The SMILES string of the molecule is O=C1C2CN(Cc3ccc4ccccc4n3)CCN2C(=O)CN1Cc1ccsc1. The molecule has 6 nitrogen and oxygen atoms in total. The summed E-state index contributed by atoms with van der Waals surface area (Å²) in [7, 11) is 0. The molecule has 2 saturated heterocycles. The number of thiophene rings is 1. The number of benzene rings is 1. The van der Waals surface area contributed by atoms with Crippen LogP contribution >= 0.6 is 11.3 Å². The minimum absolute atomic E-state index is 0.0481. The number of carbonyl (C=O) groups is 2. The Balaban J connectivity index is 1.30. The van der Waals surface area contributed by atoms with Crippen LogP contribution in [0.3, 0.4) is 0 Å². The second-order valence-electron chi connectivity index (χ2n) is 7.66. The zero-order valence-electron chi connectivity index (χ0n) is 16.0. The predicted octanol–water partition coefficient (Wildman–Crippen LogP) is 2.35. The van der Waals surface area contributed by atoms with E-state index in [0.29, 0.717) is 26.2 Å². The molecule has 1 aromatic carbocycles. The molecule has 2 aliphatic rings. The van der Waals surface area contributed by atoms with Gasteiger partial charge in [-0.05, 0) is 34.5 Å². The van der Waals surface area contributed by atoms with Crippen LogP contribution in [0.5, 0.6) is 0 Å². The van der Waals surface area contributed by atoms with Gasteiger partial charge in [0.25, 0.3) is 0 Å². The fraction of sp³-hybridized carbons (Fsp3) is 0.318. The summed E-state index contributed by atoms with van der Waals surface area (Å²) in [6.07, 6.45) is 0. The Kier molecular flexibility index (Phi) is 4.77. The maximum atomic E-state index is 13.1. The van der Waals surface area contributed by atoms with Gasteiger partial charge >= 0.3 is 0 Å². The molecule has 0 saturated carbocycles. The lowest BCUT2D eigenvalue weighted by molar-refractivity contribution is -0.160. The fourth-order valence-corrected chi connectivity index (χ4v) is 4.86. The van der Waals surface area contributed by atoms with Crippen LogP contribution in [0.25, 0.3) is 10.9 Å². The quantitative estimate of drug-likeness (QED) is 0.668. The van der Waals surface area contributed by atoms with E-state index in [1.807, 2.05) is 41.1 Å². The number of para-hydroxylation sites is 1. The summed E-state index contributed by atoms with van der Waals surface area (Å²) in [6.45, 7) is 3.27.